The van der Waals surface area contributed by atoms with Gasteiger partial charge < -0.3 is 5.92 Å². The zero-order valence-corrected chi connectivity index (χ0v) is 11.8. The molecule has 1 aromatic rings. The minimum Gasteiger partial charge on any atom is -0.310 e. The van der Waals surface area contributed by atoms with Gasteiger partial charge in [0.1, 0.15) is 0 Å². The Bertz CT molecular complexity index is 237. The first kappa shape index (κ1) is 13.3. The Labute approximate surface area is 107 Å². The van der Waals surface area contributed by atoms with E-state index in [0.29, 0.717) is 0 Å². The van der Waals surface area contributed by atoms with E-state index in [4.69, 9.17) is 0 Å². The second-order valence-corrected chi connectivity index (χ2v) is 3.99. The van der Waals surface area contributed by atoms with Crippen LogP contribution in [0.15, 0.2) is 30.3 Å². The van der Waals surface area contributed by atoms with E-state index in [1.165, 1.54) is 11.5 Å². The fourth-order valence-corrected chi connectivity index (χ4v) is 1.14. The maximum Gasteiger partial charge on any atom is 0 e. The predicted octanol–water partition coefficient (Wildman–Crippen LogP) is 3.58. The number of hydrogen-bond donors (Lipinski definition) is 0. The van der Waals surface area contributed by atoms with Gasteiger partial charge in [0.2, 0.25) is 0 Å². The van der Waals surface area contributed by atoms with Gasteiger partial charge in [0, 0.05) is 32.7 Å². The van der Waals surface area contributed by atoms with Crippen LogP contribution in [0.5, 0.6) is 0 Å². The predicted molar refractivity (Wildman–Crippen MR) is 54.1 cm³/mol. The Hall–Kier alpha value is 0.324. The van der Waals surface area contributed by atoms with Crippen LogP contribution in [0.2, 0.25) is 0 Å². The van der Waals surface area contributed by atoms with Crippen molar-refractivity contribution in [3.05, 3.63) is 41.8 Å². The molecule has 1 rings (SSSR count). The van der Waals surface area contributed by atoms with Crippen molar-refractivity contribution < 1.29 is 32.7 Å². The molecule has 0 aliphatic heterocycles. The molecule has 0 fully saturated rings. The van der Waals surface area contributed by atoms with Gasteiger partial charge in [-0.1, -0.05) is 49.7 Å². The van der Waals surface area contributed by atoms with Gasteiger partial charge in [-0.05, 0) is 0 Å². The van der Waals surface area contributed by atoms with E-state index >= 15 is 0 Å². The molecule has 0 N–H and O–H groups in total. The summed E-state index contributed by atoms with van der Waals surface area (Å²) >= 11 is 0. The van der Waals surface area contributed by atoms with E-state index in [1.54, 1.807) is 0 Å². The van der Waals surface area contributed by atoms with Crippen molar-refractivity contribution in [2.24, 2.45) is 0 Å². The largest absolute Gasteiger partial charge is 0.310 e. The molecule has 0 saturated heterocycles. The van der Waals surface area contributed by atoms with Crippen LogP contribution in [0, 0.1) is 5.92 Å². The third kappa shape index (κ3) is 3.18. The molecule has 0 aliphatic rings. The fourth-order valence-electron chi connectivity index (χ4n) is 1.14. The van der Waals surface area contributed by atoms with Gasteiger partial charge in [-0.3, -0.25) is 0 Å². The summed E-state index contributed by atoms with van der Waals surface area (Å²) in [5.41, 5.74) is 1.60. The Balaban J connectivity index is 0.00000144. The third-order valence-electron chi connectivity index (χ3n) is 2.75. The molecule has 13 heavy (non-hydrogen) atoms. The topological polar surface area (TPSA) is 0 Å². The van der Waals surface area contributed by atoms with Gasteiger partial charge >= 0.3 is 0 Å². The van der Waals surface area contributed by atoms with Crippen LogP contribution in [0.1, 0.15) is 33.3 Å². The molecule has 0 nitrogen and oxygen atoms in total. The summed E-state index contributed by atoms with van der Waals surface area (Å²) in [4.78, 5) is 0. The van der Waals surface area contributed by atoms with E-state index in [9.17, 15) is 0 Å². The summed E-state index contributed by atoms with van der Waals surface area (Å²) in [6.07, 6.45) is 0. The zero-order chi connectivity index (χ0) is 9.19. The Morgan fingerprint density at radius 2 is 1.46 bits per heavy atom. The van der Waals surface area contributed by atoms with Crippen molar-refractivity contribution in [2.75, 3.05) is 0 Å². The molecule has 69 valence electrons. The summed E-state index contributed by atoms with van der Waals surface area (Å²) in [5.74, 6) is 1.45. The first-order chi connectivity index (χ1) is 5.55. The van der Waals surface area contributed by atoms with Crippen molar-refractivity contribution in [2.45, 2.75) is 33.1 Å². The van der Waals surface area contributed by atoms with E-state index in [1.807, 2.05) is 0 Å². The minimum atomic E-state index is 0. The van der Waals surface area contributed by atoms with Crippen LogP contribution in [-0.4, -0.2) is 0 Å². The average Bonchev–Trinajstić information content (AvgIpc) is 2.06. The standard InChI is InChI=1S/C12H17.Y/c1-10(2)12(3,4)11-8-6-5-7-9-11;/h5-9H,1-4H3;/q-1;. The summed E-state index contributed by atoms with van der Waals surface area (Å²) in [6, 6.07) is 10.6. The first-order valence-electron chi connectivity index (χ1n) is 4.41. The van der Waals surface area contributed by atoms with Gasteiger partial charge in [0.15, 0.2) is 0 Å². The van der Waals surface area contributed by atoms with Crippen LogP contribution in [-0.2, 0) is 38.1 Å². The van der Waals surface area contributed by atoms with Crippen molar-refractivity contribution in [1.29, 1.82) is 0 Å². The van der Waals surface area contributed by atoms with Gasteiger partial charge in [-0.25, -0.2) is 0 Å². The molecular weight excluding hydrogens is 233 g/mol. The third-order valence-corrected chi connectivity index (χ3v) is 2.75. The molecule has 1 aromatic carbocycles. The molecule has 1 radical (unpaired) electrons. The molecule has 0 amide bonds. The molecule has 1 heteroatoms. The number of rotatable bonds is 2. The van der Waals surface area contributed by atoms with Crippen molar-refractivity contribution in [1.82, 2.24) is 0 Å². The summed E-state index contributed by atoms with van der Waals surface area (Å²) in [5, 5.41) is 0. The smallest absolute Gasteiger partial charge is 0 e. The van der Waals surface area contributed by atoms with E-state index in [2.05, 4.69) is 58.0 Å². The molecule has 0 spiro atoms. The molecule has 0 aromatic heterocycles. The number of benzene rings is 1. The zero-order valence-electron chi connectivity index (χ0n) is 8.96. The first-order valence-corrected chi connectivity index (χ1v) is 4.41. The molecular formula is C12H17Y-. The van der Waals surface area contributed by atoms with Crippen LogP contribution in [0.3, 0.4) is 0 Å². The summed E-state index contributed by atoms with van der Waals surface area (Å²) < 4.78 is 0. The van der Waals surface area contributed by atoms with Gasteiger partial charge in [-0.2, -0.15) is 13.8 Å². The van der Waals surface area contributed by atoms with Crippen LogP contribution in [0.25, 0.3) is 0 Å². The van der Waals surface area contributed by atoms with Gasteiger partial charge in [0.25, 0.3) is 0 Å². The van der Waals surface area contributed by atoms with E-state index in [-0.39, 0.29) is 38.1 Å². The minimum absolute atomic E-state index is 0. The second-order valence-electron chi connectivity index (χ2n) is 3.99. The van der Waals surface area contributed by atoms with Crippen molar-refractivity contribution in [3.8, 4) is 0 Å². The monoisotopic (exact) mass is 250 g/mol. The maximum atomic E-state index is 2.26. The maximum absolute atomic E-state index is 2.26. The summed E-state index contributed by atoms with van der Waals surface area (Å²) in [6.45, 7) is 8.90. The molecule has 0 aliphatic carbocycles. The van der Waals surface area contributed by atoms with E-state index < -0.39 is 0 Å². The molecule has 0 heterocycles. The fraction of sp³-hybridized carbons (Fsp3) is 0.417. The second kappa shape index (κ2) is 5.27. The normalized spacial score (nSPS) is 11.2. The van der Waals surface area contributed by atoms with Crippen molar-refractivity contribution >= 4 is 0 Å². The molecule has 0 atom stereocenters. The average molecular weight is 250 g/mol. The molecule has 0 bridgehead atoms. The van der Waals surface area contributed by atoms with Crippen LogP contribution >= 0.6 is 0 Å². The van der Waals surface area contributed by atoms with E-state index in [0.717, 1.165) is 0 Å². The van der Waals surface area contributed by atoms with Crippen LogP contribution < -0.4 is 0 Å². The molecule has 0 unspecified atom stereocenters. The SMILES string of the molecule is C[C-](C)C(C)(C)c1ccccc1.[Y]. The van der Waals surface area contributed by atoms with Crippen LogP contribution in [0.4, 0.5) is 0 Å². The number of hydrogen-bond acceptors (Lipinski definition) is 0. The Kier molecular flexibility index (Phi) is 5.40. The Morgan fingerprint density at radius 3 is 1.85 bits per heavy atom. The Morgan fingerprint density at radius 1 is 1.00 bits per heavy atom. The summed E-state index contributed by atoms with van der Waals surface area (Å²) in [7, 11) is 0. The van der Waals surface area contributed by atoms with Gasteiger partial charge in [0.05, 0.1) is 0 Å². The van der Waals surface area contributed by atoms with Gasteiger partial charge in [-0.15, -0.1) is 5.41 Å². The molecule has 0 saturated carbocycles. The van der Waals surface area contributed by atoms with Crippen molar-refractivity contribution in [3.63, 3.8) is 0 Å². The quantitative estimate of drug-likeness (QED) is 0.704.